The van der Waals surface area contributed by atoms with Crippen molar-refractivity contribution in [2.75, 3.05) is 14.2 Å². The molecule has 1 N–H and O–H groups in total. The van der Waals surface area contributed by atoms with E-state index in [1.807, 2.05) is 0 Å². The van der Waals surface area contributed by atoms with Crippen LogP contribution in [0.4, 0.5) is 0 Å². The molecule has 30 heavy (non-hydrogen) atoms. The molecule has 0 fully saturated rings. The van der Waals surface area contributed by atoms with E-state index in [-0.39, 0.29) is 11.1 Å². The van der Waals surface area contributed by atoms with E-state index < -0.39 is 51.9 Å². The van der Waals surface area contributed by atoms with Crippen LogP contribution >= 0.6 is 0 Å². The van der Waals surface area contributed by atoms with Crippen LogP contribution in [-0.2, 0) is 19.1 Å². The van der Waals surface area contributed by atoms with Crippen molar-refractivity contribution >= 4 is 11.9 Å². The molecule has 0 spiro atoms. The SMILES string of the molecule is COC(=O)C1=C(O)[C@H](C(=O)OC)[C@@H]2c3ccccc3[C@@H]1C(C#N)(C#N)C2(C#N)C#N. The Morgan fingerprint density at radius 3 is 1.93 bits per heavy atom. The lowest BCUT2D eigenvalue weighted by Gasteiger charge is -2.46. The summed E-state index contributed by atoms with van der Waals surface area (Å²) in [6.45, 7) is 0. The van der Waals surface area contributed by atoms with Crippen molar-refractivity contribution in [2.24, 2.45) is 16.7 Å². The molecule has 3 atom stereocenters. The molecular weight excluding hydrogens is 388 g/mol. The van der Waals surface area contributed by atoms with Gasteiger partial charge in [0, 0.05) is 5.92 Å². The standard InChI is InChI=1S/C21H14N4O5/c1-29-18(27)13-15-11-5-3-4-6-12(11)16(14(17(13)26)19(28)30-2)21(9-24,10-25)20(15,7-22)8-23/h3-6,13,15-16,26H,1-2H3/t13-,15+,16+/m1/s1. The highest BCUT2D eigenvalue weighted by Gasteiger charge is 2.73. The second-order valence-corrected chi connectivity index (χ2v) is 6.89. The third-order valence-electron chi connectivity index (χ3n) is 5.92. The summed E-state index contributed by atoms with van der Waals surface area (Å²) in [5.74, 6) is -7.56. The maximum absolute atomic E-state index is 12.7. The van der Waals surface area contributed by atoms with Gasteiger partial charge < -0.3 is 14.6 Å². The Morgan fingerprint density at radius 2 is 1.47 bits per heavy atom. The van der Waals surface area contributed by atoms with Crippen molar-refractivity contribution < 1.29 is 24.2 Å². The number of carbonyl (C=O) groups is 2. The third-order valence-corrected chi connectivity index (χ3v) is 5.92. The first-order valence-electron chi connectivity index (χ1n) is 8.68. The van der Waals surface area contributed by atoms with Gasteiger partial charge in [-0.1, -0.05) is 24.3 Å². The number of methoxy groups -OCH3 is 2. The lowest BCUT2D eigenvalue weighted by molar-refractivity contribution is -0.146. The summed E-state index contributed by atoms with van der Waals surface area (Å²) in [4.78, 5) is 25.5. The molecule has 2 bridgehead atoms. The zero-order valence-electron chi connectivity index (χ0n) is 15.9. The highest BCUT2D eigenvalue weighted by molar-refractivity contribution is 5.95. The molecule has 0 radical (unpaired) electrons. The first-order chi connectivity index (χ1) is 14.3. The largest absolute Gasteiger partial charge is 0.511 e. The van der Waals surface area contributed by atoms with E-state index in [9.17, 15) is 35.7 Å². The van der Waals surface area contributed by atoms with Crippen LogP contribution in [0.2, 0.25) is 0 Å². The Labute approximate surface area is 171 Å². The van der Waals surface area contributed by atoms with Crippen molar-refractivity contribution in [3.05, 3.63) is 46.7 Å². The summed E-state index contributed by atoms with van der Waals surface area (Å²) in [5.41, 5.74) is -4.80. The van der Waals surface area contributed by atoms with Crippen molar-refractivity contribution in [1.29, 1.82) is 21.0 Å². The van der Waals surface area contributed by atoms with Gasteiger partial charge in [0.2, 0.25) is 0 Å². The molecule has 4 rings (SSSR count). The number of benzene rings is 1. The van der Waals surface area contributed by atoms with Crippen LogP contribution in [0.1, 0.15) is 23.0 Å². The number of ether oxygens (including phenoxy) is 2. The summed E-state index contributed by atoms with van der Waals surface area (Å²) in [6.07, 6.45) is 0. The fourth-order valence-electron chi connectivity index (χ4n) is 4.65. The van der Waals surface area contributed by atoms with Gasteiger partial charge in [-0.15, -0.1) is 0 Å². The van der Waals surface area contributed by atoms with Gasteiger partial charge in [0.05, 0.1) is 50.0 Å². The quantitative estimate of drug-likeness (QED) is 0.724. The Hall–Kier alpha value is -4.34. The van der Waals surface area contributed by atoms with Gasteiger partial charge in [-0.2, -0.15) is 21.0 Å². The smallest absolute Gasteiger partial charge is 0.337 e. The first-order valence-corrected chi connectivity index (χ1v) is 8.68. The average molecular weight is 402 g/mol. The van der Waals surface area contributed by atoms with Crippen molar-refractivity contribution in [1.82, 2.24) is 0 Å². The molecule has 9 nitrogen and oxygen atoms in total. The number of fused-ring (bicyclic) bond motifs is 2. The Balaban J connectivity index is 2.65. The van der Waals surface area contributed by atoms with Crippen LogP contribution in [0.5, 0.6) is 0 Å². The third kappa shape index (κ3) is 2.12. The molecular formula is C21H14N4O5. The van der Waals surface area contributed by atoms with Crippen LogP contribution in [0.3, 0.4) is 0 Å². The number of hydrogen-bond acceptors (Lipinski definition) is 9. The zero-order chi connectivity index (χ0) is 22.3. The fraction of sp³-hybridized carbons (Fsp3) is 0.333. The van der Waals surface area contributed by atoms with E-state index in [4.69, 9.17) is 9.47 Å². The molecule has 0 amide bonds. The molecule has 3 aliphatic rings. The molecule has 9 heteroatoms. The van der Waals surface area contributed by atoms with Gasteiger partial charge in [-0.3, -0.25) is 4.79 Å². The zero-order valence-corrected chi connectivity index (χ0v) is 15.9. The van der Waals surface area contributed by atoms with E-state index in [0.717, 1.165) is 14.2 Å². The summed E-state index contributed by atoms with van der Waals surface area (Å²) in [6, 6.07) is 13.3. The Kier molecular flexibility index (Phi) is 4.71. The lowest BCUT2D eigenvalue weighted by Crippen LogP contribution is -2.52. The van der Waals surface area contributed by atoms with Gasteiger partial charge in [0.15, 0.2) is 10.8 Å². The van der Waals surface area contributed by atoms with E-state index in [1.54, 1.807) is 36.4 Å². The predicted molar refractivity (Wildman–Crippen MR) is 96.4 cm³/mol. The van der Waals surface area contributed by atoms with Crippen LogP contribution in [0.25, 0.3) is 0 Å². The number of hydrogen-bond donors (Lipinski definition) is 1. The lowest BCUT2D eigenvalue weighted by atomic mass is 9.47. The second-order valence-electron chi connectivity index (χ2n) is 6.89. The molecule has 0 unspecified atom stereocenters. The summed E-state index contributed by atoms with van der Waals surface area (Å²) >= 11 is 0. The maximum Gasteiger partial charge on any atom is 0.337 e. The highest BCUT2D eigenvalue weighted by atomic mass is 16.5. The summed E-state index contributed by atoms with van der Waals surface area (Å²) in [5, 5.41) is 51.5. The van der Waals surface area contributed by atoms with Gasteiger partial charge in [0.1, 0.15) is 11.7 Å². The summed E-state index contributed by atoms with van der Waals surface area (Å²) < 4.78 is 9.56. The van der Waals surface area contributed by atoms with E-state index in [1.165, 1.54) is 12.1 Å². The molecule has 0 saturated carbocycles. The van der Waals surface area contributed by atoms with Gasteiger partial charge in [-0.25, -0.2) is 4.79 Å². The minimum atomic E-state index is -2.42. The van der Waals surface area contributed by atoms with Crippen LogP contribution in [0, 0.1) is 62.1 Å². The maximum atomic E-state index is 12.7. The summed E-state index contributed by atoms with van der Waals surface area (Å²) in [7, 11) is 2.07. The van der Waals surface area contributed by atoms with E-state index >= 15 is 0 Å². The topological polar surface area (TPSA) is 168 Å². The highest BCUT2D eigenvalue weighted by Crippen LogP contribution is 2.67. The minimum Gasteiger partial charge on any atom is -0.511 e. The van der Waals surface area contributed by atoms with E-state index in [2.05, 4.69) is 0 Å². The number of nitrogens with zero attached hydrogens (tertiary/aromatic N) is 4. The molecule has 0 heterocycles. The second kappa shape index (κ2) is 6.92. The monoisotopic (exact) mass is 402 g/mol. The van der Waals surface area contributed by atoms with Crippen molar-refractivity contribution in [3.8, 4) is 24.3 Å². The number of aliphatic hydroxyl groups is 1. The number of carbonyl (C=O) groups excluding carboxylic acids is 2. The fourth-order valence-corrected chi connectivity index (χ4v) is 4.65. The molecule has 3 aliphatic carbocycles. The molecule has 0 saturated heterocycles. The minimum absolute atomic E-state index is 0.269. The predicted octanol–water partition coefficient (Wildman–Crippen LogP) is 1.72. The van der Waals surface area contributed by atoms with Gasteiger partial charge in [0.25, 0.3) is 0 Å². The van der Waals surface area contributed by atoms with Crippen LogP contribution in [0.15, 0.2) is 35.6 Å². The number of rotatable bonds is 2. The number of nitriles is 4. The molecule has 148 valence electrons. The van der Waals surface area contributed by atoms with Gasteiger partial charge in [-0.05, 0) is 11.1 Å². The van der Waals surface area contributed by atoms with E-state index in [0.29, 0.717) is 0 Å². The molecule has 1 aromatic rings. The Morgan fingerprint density at radius 1 is 0.933 bits per heavy atom. The van der Waals surface area contributed by atoms with Crippen molar-refractivity contribution in [2.45, 2.75) is 11.8 Å². The number of aliphatic hydroxyl groups excluding tert-OH is 1. The van der Waals surface area contributed by atoms with Crippen LogP contribution < -0.4 is 0 Å². The first kappa shape index (κ1) is 20.4. The average Bonchev–Trinajstić information content (AvgIpc) is 2.95. The molecule has 0 aromatic heterocycles. The normalized spacial score (nSPS) is 24.7. The Bertz CT molecular complexity index is 1130. The van der Waals surface area contributed by atoms with Gasteiger partial charge >= 0.3 is 11.9 Å². The number of esters is 2. The molecule has 0 aliphatic heterocycles. The molecule has 1 aromatic carbocycles. The van der Waals surface area contributed by atoms with Crippen molar-refractivity contribution in [3.63, 3.8) is 0 Å². The van der Waals surface area contributed by atoms with Crippen LogP contribution in [-0.4, -0.2) is 31.3 Å².